The predicted molar refractivity (Wildman–Crippen MR) is 228 cm³/mol. The maximum absolute atomic E-state index is 7.01. The van der Waals surface area contributed by atoms with Gasteiger partial charge in [0.1, 0.15) is 11.2 Å². The molecule has 0 saturated heterocycles. The Kier molecular flexibility index (Phi) is 7.85. The molecule has 0 atom stereocenters. The molecule has 254 valence electrons. The molecule has 1 aromatic heterocycles. The third-order valence-electron chi connectivity index (χ3n) is 10.5. The molecule has 2 heteroatoms. The highest BCUT2D eigenvalue weighted by molar-refractivity contribution is 6.22. The predicted octanol–water partition coefficient (Wildman–Crippen LogP) is 14.9. The monoisotopic (exact) mass is 689 g/mol. The van der Waals surface area contributed by atoms with Crippen LogP contribution in [0.5, 0.6) is 0 Å². The fourth-order valence-corrected chi connectivity index (χ4v) is 7.86. The summed E-state index contributed by atoms with van der Waals surface area (Å²) >= 11 is 0. The summed E-state index contributed by atoms with van der Waals surface area (Å²) in [5.41, 5.74) is 14.3. The molecule has 2 nitrogen and oxygen atoms in total. The molecule has 0 radical (unpaired) electrons. The van der Waals surface area contributed by atoms with Crippen molar-refractivity contribution in [2.75, 3.05) is 4.90 Å². The molecule has 1 heterocycles. The van der Waals surface area contributed by atoms with E-state index in [0.717, 1.165) is 55.5 Å². The molecule has 0 fully saturated rings. The Balaban J connectivity index is 1.22. The summed E-state index contributed by atoms with van der Waals surface area (Å²) in [4.78, 5) is 2.34. The van der Waals surface area contributed by atoms with Crippen LogP contribution in [0.3, 0.4) is 0 Å². The Labute approximate surface area is 314 Å². The van der Waals surface area contributed by atoms with Crippen LogP contribution in [0.15, 0.2) is 217 Å². The molecule has 0 aliphatic heterocycles. The SMILES string of the molecule is c1ccc(-c2ccc(N(c3ccc(-c4ccccc4)cc3)c3cc(-c4ccccc4)c4c(c3)oc3c5ccccc5c(-c5ccccc5)cc34)cc2)cc1. The van der Waals surface area contributed by atoms with Gasteiger partial charge in [-0.3, -0.25) is 0 Å². The van der Waals surface area contributed by atoms with Gasteiger partial charge in [-0.15, -0.1) is 0 Å². The minimum atomic E-state index is 0.850. The van der Waals surface area contributed by atoms with E-state index in [0.29, 0.717) is 0 Å². The first kappa shape index (κ1) is 31.6. The van der Waals surface area contributed by atoms with E-state index in [-0.39, 0.29) is 0 Å². The molecular formula is C52H35NO. The average molecular weight is 690 g/mol. The highest BCUT2D eigenvalue weighted by atomic mass is 16.3. The van der Waals surface area contributed by atoms with Crippen molar-refractivity contribution in [3.8, 4) is 44.5 Å². The summed E-state index contributed by atoms with van der Waals surface area (Å²) in [6.07, 6.45) is 0. The number of fused-ring (bicyclic) bond motifs is 5. The molecule has 0 unspecified atom stereocenters. The summed E-state index contributed by atoms with van der Waals surface area (Å²) in [6.45, 7) is 0. The fourth-order valence-electron chi connectivity index (χ4n) is 7.86. The molecule has 0 N–H and O–H groups in total. The first-order valence-corrected chi connectivity index (χ1v) is 18.4. The van der Waals surface area contributed by atoms with Gasteiger partial charge in [0.2, 0.25) is 0 Å². The maximum atomic E-state index is 7.01. The van der Waals surface area contributed by atoms with Gasteiger partial charge < -0.3 is 9.32 Å². The molecule has 54 heavy (non-hydrogen) atoms. The number of furan rings is 1. The molecule has 10 rings (SSSR count). The number of nitrogens with zero attached hydrogens (tertiary/aromatic N) is 1. The molecule has 0 aliphatic carbocycles. The van der Waals surface area contributed by atoms with Gasteiger partial charge in [-0.2, -0.15) is 0 Å². The quantitative estimate of drug-likeness (QED) is 0.166. The number of rotatable bonds is 7. The van der Waals surface area contributed by atoms with E-state index in [2.05, 4.69) is 217 Å². The van der Waals surface area contributed by atoms with Crippen LogP contribution in [0.2, 0.25) is 0 Å². The van der Waals surface area contributed by atoms with E-state index in [1.54, 1.807) is 0 Å². The summed E-state index contributed by atoms with van der Waals surface area (Å²) in [7, 11) is 0. The van der Waals surface area contributed by atoms with Crippen LogP contribution < -0.4 is 4.90 Å². The topological polar surface area (TPSA) is 16.4 Å². The summed E-state index contributed by atoms with van der Waals surface area (Å²) in [5.74, 6) is 0. The minimum Gasteiger partial charge on any atom is -0.455 e. The number of hydrogen-bond acceptors (Lipinski definition) is 2. The van der Waals surface area contributed by atoms with E-state index in [4.69, 9.17) is 4.42 Å². The smallest absolute Gasteiger partial charge is 0.143 e. The summed E-state index contributed by atoms with van der Waals surface area (Å²) < 4.78 is 7.01. The second-order valence-corrected chi connectivity index (χ2v) is 13.7. The highest BCUT2D eigenvalue weighted by Crippen LogP contribution is 2.47. The van der Waals surface area contributed by atoms with E-state index in [1.165, 1.54) is 38.8 Å². The lowest BCUT2D eigenvalue weighted by Gasteiger charge is -2.26. The van der Waals surface area contributed by atoms with Gasteiger partial charge in [-0.1, -0.05) is 170 Å². The van der Waals surface area contributed by atoms with E-state index >= 15 is 0 Å². The zero-order valence-corrected chi connectivity index (χ0v) is 29.6. The van der Waals surface area contributed by atoms with Crippen molar-refractivity contribution in [3.63, 3.8) is 0 Å². The Morgan fingerprint density at radius 3 is 1.24 bits per heavy atom. The van der Waals surface area contributed by atoms with Crippen molar-refractivity contribution in [1.82, 2.24) is 0 Å². The van der Waals surface area contributed by atoms with Crippen molar-refractivity contribution in [3.05, 3.63) is 212 Å². The molecule has 0 aliphatic rings. The Bertz CT molecular complexity index is 2800. The van der Waals surface area contributed by atoms with Crippen molar-refractivity contribution in [1.29, 1.82) is 0 Å². The van der Waals surface area contributed by atoms with Crippen LogP contribution in [0.1, 0.15) is 0 Å². The lowest BCUT2D eigenvalue weighted by atomic mass is 9.93. The second-order valence-electron chi connectivity index (χ2n) is 13.7. The van der Waals surface area contributed by atoms with Crippen molar-refractivity contribution in [2.45, 2.75) is 0 Å². The highest BCUT2D eigenvalue weighted by Gasteiger charge is 2.22. The lowest BCUT2D eigenvalue weighted by Crippen LogP contribution is -2.10. The van der Waals surface area contributed by atoms with Gasteiger partial charge in [-0.25, -0.2) is 0 Å². The molecule has 0 spiro atoms. The molecule has 0 saturated carbocycles. The Morgan fingerprint density at radius 2 is 0.722 bits per heavy atom. The van der Waals surface area contributed by atoms with Gasteiger partial charge in [-0.05, 0) is 86.3 Å². The normalized spacial score (nSPS) is 11.3. The van der Waals surface area contributed by atoms with E-state index in [9.17, 15) is 0 Å². The van der Waals surface area contributed by atoms with Gasteiger partial charge in [0.15, 0.2) is 0 Å². The number of anilines is 3. The van der Waals surface area contributed by atoms with Crippen molar-refractivity contribution >= 4 is 49.8 Å². The van der Waals surface area contributed by atoms with Crippen LogP contribution in [-0.4, -0.2) is 0 Å². The third-order valence-corrected chi connectivity index (χ3v) is 10.5. The van der Waals surface area contributed by atoms with Crippen LogP contribution in [-0.2, 0) is 0 Å². The Morgan fingerprint density at radius 1 is 0.296 bits per heavy atom. The zero-order chi connectivity index (χ0) is 35.8. The van der Waals surface area contributed by atoms with Crippen molar-refractivity contribution < 1.29 is 4.42 Å². The van der Waals surface area contributed by atoms with Crippen LogP contribution >= 0.6 is 0 Å². The second kappa shape index (κ2) is 13.4. The average Bonchev–Trinajstić information content (AvgIpc) is 3.64. The molecule has 0 amide bonds. The Hall–Kier alpha value is -7.16. The summed E-state index contributed by atoms with van der Waals surface area (Å²) in [5, 5.41) is 4.51. The maximum Gasteiger partial charge on any atom is 0.143 e. The molecule has 0 bridgehead atoms. The zero-order valence-electron chi connectivity index (χ0n) is 29.6. The van der Waals surface area contributed by atoms with E-state index in [1.807, 2.05) is 0 Å². The van der Waals surface area contributed by atoms with Gasteiger partial charge in [0.25, 0.3) is 0 Å². The lowest BCUT2D eigenvalue weighted by molar-refractivity contribution is 0.673. The molecule has 10 aromatic rings. The minimum absolute atomic E-state index is 0.850. The molecular weight excluding hydrogens is 655 g/mol. The first-order chi connectivity index (χ1) is 26.8. The first-order valence-electron chi connectivity index (χ1n) is 18.4. The van der Waals surface area contributed by atoms with Crippen LogP contribution in [0.25, 0.3) is 77.2 Å². The molecule has 9 aromatic carbocycles. The van der Waals surface area contributed by atoms with Gasteiger partial charge in [0, 0.05) is 33.6 Å². The van der Waals surface area contributed by atoms with Crippen LogP contribution in [0.4, 0.5) is 17.1 Å². The van der Waals surface area contributed by atoms with Gasteiger partial charge in [0.05, 0.1) is 5.69 Å². The fraction of sp³-hybridized carbons (Fsp3) is 0. The largest absolute Gasteiger partial charge is 0.455 e. The van der Waals surface area contributed by atoms with Crippen LogP contribution in [0, 0.1) is 0 Å². The van der Waals surface area contributed by atoms with Crippen molar-refractivity contribution in [2.24, 2.45) is 0 Å². The summed E-state index contributed by atoms with van der Waals surface area (Å²) in [6, 6.07) is 75.7. The number of benzene rings is 9. The third kappa shape index (κ3) is 5.62. The van der Waals surface area contributed by atoms with Gasteiger partial charge >= 0.3 is 0 Å². The number of hydrogen-bond donors (Lipinski definition) is 0. The van der Waals surface area contributed by atoms with E-state index < -0.39 is 0 Å². The standard InChI is InChI=1S/C52H35NO/c1-5-15-36(16-6-1)38-25-29-42(30-26-38)53(43-31-27-39(28-32-43)37-17-7-2-8-18-37)44-33-48(41-21-11-4-12-22-41)51-49-35-47(40-19-9-3-10-20-40)45-23-13-14-24-46(45)52(49)54-50(51)34-44/h1-35H.